The van der Waals surface area contributed by atoms with Gasteiger partial charge in [0.15, 0.2) is 11.6 Å². The highest BCUT2D eigenvalue weighted by Crippen LogP contribution is 2.16. The first-order valence-corrected chi connectivity index (χ1v) is 10.8. The van der Waals surface area contributed by atoms with Gasteiger partial charge in [0.05, 0.1) is 12.2 Å². The summed E-state index contributed by atoms with van der Waals surface area (Å²) >= 11 is 0. The number of aromatic nitrogens is 4. The first-order chi connectivity index (χ1) is 15.3. The smallest absolute Gasteiger partial charge is 0.333 e. The zero-order valence-electron chi connectivity index (χ0n) is 19.0. The fourth-order valence-corrected chi connectivity index (χ4v) is 3.70. The standard InChI is InChI=1S/C23H30N4O5.Mg.2H/c1-5-7-18-20-21(26(4)25-18)22(28)27(15(3)24-20)12-13-32-17-10-8-16(9-11-17)14-19(23(29)30)31-6-2;;;/h8-11,19H,5-7,12-14H2,1-4H3,(H,29,30);;;. The van der Waals surface area contributed by atoms with Gasteiger partial charge in [-0.25, -0.2) is 9.78 Å². The van der Waals surface area contributed by atoms with Gasteiger partial charge in [-0.3, -0.25) is 14.0 Å². The lowest BCUT2D eigenvalue weighted by Gasteiger charge is -2.13. The van der Waals surface area contributed by atoms with E-state index < -0.39 is 12.1 Å². The predicted molar refractivity (Wildman–Crippen MR) is 129 cm³/mol. The van der Waals surface area contributed by atoms with E-state index in [0.29, 0.717) is 42.4 Å². The third-order valence-electron chi connectivity index (χ3n) is 5.26. The Bertz CT molecular complexity index is 1140. The molecule has 0 radical (unpaired) electrons. The van der Waals surface area contributed by atoms with E-state index in [-0.39, 0.29) is 35.0 Å². The van der Waals surface area contributed by atoms with E-state index in [4.69, 9.17) is 9.47 Å². The number of carbonyl (C=O) groups is 1. The van der Waals surface area contributed by atoms with Gasteiger partial charge in [0.25, 0.3) is 5.56 Å². The molecule has 1 N–H and O–H groups in total. The monoisotopic (exact) mass is 468 g/mol. The fraction of sp³-hybridized carbons (Fsp3) is 0.478. The minimum absolute atomic E-state index is 0. The molecule has 0 aliphatic rings. The summed E-state index contributed by atoms with van der Waals surface area (Å²) in [6.07, 6.45) is 1.14. The number of carboxylic acids is 1. The summed E-state index contributed by atoms with van der Waals surface area (Å²) in [5, 5.41) is 13.7. The Morgan fingerprint density at radius 2 is 1.91 bits per heavy atom. The molecule has 0 fully saturated rings. The van der Waals surface area contributed by atoms with Crippen LogP contribution in [-0.4, -0.2) is 72.8 Å². The van der Waals surface area contributed by atoms with Crippen LogP contribution in [0.25, 0.3) is 11.0 Å². The van der Waals surface area contributed by atoms with Crippen molar-refractivity contribution >= 4 is 40.1 Å². The number of rotatable bonds is 11. The second-order valence-electron chi connectivity index (χ2n) is 7.61. The highest BCUT2D eigenvalue weighted by molar-refractivity contribution is 5.76. The molecule has 0 spiro atoms. The van der Waals surface area contributed by atoms with Crippen LogP contribution in [0, 0.1) is 6.92 Å². The van der Waals surface area contributed by atoms with Crippen molar-refractivity contribution in [3.05, 3.63) is 51.7 Å². The molecule has 0 aliphatic heterocycles. The largest absolute Gasteiger partial charge is 0.492 e. The van der Waals surface area contributed by atoms with Crippen LogP contribution in [-0.2, 0) is 36.0 Å². The normalized spacial score (nSPS) is 11.9. The number of ether oxygens (including phenoxy) is 2. The number of carboxylic acid groups (broad SMARTS) is 1. The van der Waals surface area contributed by atoms with Crippen LogP contribution < -0.4 is 10.3 Å². The first-order valence-electron chi connectivity index (χ1n) is 10.8. The quantitative estimate of drug-likeness (QED) is 0.426. The Hall–Kier alpha value is -2.43. The number of nitrogens with zero attached hydrogens (tertiary/aromatic N) is 4. The molecular weight excluding hydrogens is 437 g/mol. The molecule has 9 nitrogen and oxygen atoms in total. The molecule has 1 unspecified atom stereocenters. The maximum atomic E-state index is 13.0. The zero-order chi connectivity index (χ0) is 23.3. The molecule has 1 aromatic carbocycles. The Morgan fingerprint density at radius 3 is 2.52 bits per heavy atom. The van der Waals surface area contributed by atoms with E-state index in [1.807, 2.05) is 19.1 Å². The van der Waals surface area contributed by atoms with Crippen molar-refractivity contribution in [1.82, 2.24) is 19.3 Å². The summed E-state index contributed by atoms with van der Waals surface area (Å²) in [6.45, 7) is 6.65. The van der Waals surface area contributed by atoms with Crippen molar-refractivity contribution in [3.63, 3.8) is 0 Å². The lowest BCUT2D eigenvalue weighted by atomic mass is 10.1. The molecule has 10 heteroatoms. The summed E-state index contributed by atoms with van der Waals surface area (Å²) in [7, 11) is 1.77. The van der Waals surface area contributed by atoms with Crippen molar-refractivity contribution in [2.45, 2.75) is 52.7 Å². The molecule has 3 aromatic rings. The SMILES string of the molecule is CCCc1nn(C)c2c(=O)n(CCOc3ccc(CC(OCC)C(=O)O)cc3)c(C)nc12.[MgH2]. The van der Waals surface area contributed by atoms with Crippen LogP contribution in [0.1, 0.15) is 37.4 Å². The van der Waals surface area contributed by atoms with E-state index in [1.54, 1.807) is 35.4 Å². The van der Waals surface area contributed by atoms with E-state index in [9.17, 15) is 14.7 Å². The van der Waals surface area contributed by atoms with E-state index in [0.717, 1.165) is 24.1 Å². The summed E-state index contributed by atoms with van der Waals surface area (Å²) < 4.78 is 14.3. The Kier molecular flexibility index (Phi) is 9.87. The van der Waals surface area contributed by atoms with Crippen LogP contribution in [0.4, 0.5) is 0 Å². The second kappa shape index (κ2) is 12.1. The van der Waals surface area contributed by atoms with Gasteiger partial charge in [-0.05, 0) is 38.0 Å². The van der Waals surface area contributed by atoms with Gasteiger partial charge >= 0.3 is 29.0 Å². The lowest BCUT2D eigenvalue weighted by Crippen LogP contribution is -2.27. The van der Waals surface area contributed by atoms with Crippen LogP contribution in [0.15, 0.2) is 29.1 Å². The number of aliphatic carboxylic acids is 1. The molecule has 0 saturated carbocycles. The topological polar surface area (TPSA) is 108 Å². The maximum Gasteiger partial charge on any atom is 0.333 e. The molecule has 3 rings (SSSR count). The number of hydrogen-bond donors (Lipinski definition) is 1. The maximum absolute atomic E-state index is 13.0. The molecule has 0 bridgehead atoms. The molecule has 1 atom stereocenters. The Morgan fingerprint density at radius 1 is 1.21 bits per heavy atom. The van der Waals surface area contributed by atoms with Gasteiger partial charge in [0.1, 0.15) is 23.7 Å². The molecule has 0 aliphatic carbocycles. The molecule has 0 amide bonds. The van der Waals surface area contributed by atoms with Gasteiger partial charge < -0.3 is 14.6 Å². The van der Waals surface area contributed by atoms with Crippen molar-refractivity contribution in [3.8, 4) is 5.75 Å². The van der Waals surface area contributed by atoms with Crippen LogP contribution in [0.5, 0.6) is 5.75 Å². The second-order valence-corrected chi connectivity index (χ2v) is 7.61. The number of fused-ring (bicyclic) bond motifs is 1. The van der Waals surface area contributed by atoms with Crippen molar-refractivity contribution in [2.24, 2.45) is 7.05 Å². The van der Waals surface area contributed by atoms with Crippen molar-refractivity contribution < 1.29 is 19.4 Å². The predicted octanol–water partition coefficient (Wildman–Crippen LogP) is 1.59. The summed E-state index contributed by atoms with van der Waals surface area (Å²) in [4.78, 5) is 28.9. The Balaban J connectivity index is 0.00000385. The van der Waals surface area contributed by atoms with Gasteiger partial charge in [-0.1, -0.05) is 25.5 Å². The van der Waals surface area contributed by atoms with Crippen LogP contribution in [0.2, 0.25) is 0 Å². The highest BCUT2D eigenvalue weighted by Gasteiger charge is 2.18. The molecular formula is C23H32MgN4O5. The first kappa shape index (κ1) is 26.8. The van der Waals surface area contributed by atoms with Crippen LogP contribution >= 0.6 is 0 Å². The average Bonchev–Trinajstić information content (AvgIpc) is 3.06. The van der Waals surface area contributed by atoms with Crippen LogP contribution in [0.3, 0.4) is 0 Å². The van der Waals surface area contributed by atoms with E-state index in [2.05, 4.69) is 17.0 Å². The minimum atomic E-state index is -0.978. The summed E-state index contributed by atoms with van der Waals surface area (Å²) in [5.74, 6) is 0.291. The third kappa shape index (κ3) is 6.33. The molecule has 2 aromatic heterocycles. The minimum Gasteiger partial charge on any atom is -0.492 e. The number of aryl methyl sites for hydroxylation is 3. The van der Waals surface area contributed by atoms with Gasteiger partial charge in [0.2, 0.25) is 0 Å². The lowest BCUT2D eigenvalue weighted by molar-refractivity contribution is -0.149. The zero-order valence-corrected chi connectivity index (χ0v) is 19.0. The van der Waals surface area contributed by atoms with Crippen molar-refractivity contribution in [1.29, 1.82) is 0 Å². The van der Waals surface area contributed by atoms with Gasteiger partial charge in [-0.15, -0.1) is 0 Å². The molecule has 2 heterocycles. The molecule has 0 saturated heterocycles. The van der Waals surface area contributed by atoms with Gasteiger partial charge in [-0.2, -0.15) is 5.10 Å². The average molecular weight is 469 g/mol. The van der Waals surface area contributed by atoms with E-state index >= 15 is 0 Å². The highest BCUT2D eigenvalue weighted by atomic mass is 24.3. The third-order valence-corrected chi connectivity index (χ3v) is 5.26. The molecule has 33 heavy (non-hydrogen) atoms. The summed E-state index contributed by atoms with van der Waals surface area (Å²) in [6, 6.07) is 7.21. The number of hydrogen-bond acceptors (Lipinski definition) is 6. The van der Waals surface area contributed by atoms with E-state index in [1.165, 1.54) is 0 Å². The molecule has 176 valence electrons. The summed E-state index contributed by atoms with van der Waals surface area (Å²) in [5.41, 5.74) is 2.75. The van der Waals surface area contributed by atoms with Crippen molar-refractivity contribution in [2.75, 3.05) is 13.2 Å². The number of benzene rings is 1. The fourth-order valence-electron chi connectivity index (χ4n) is 3.70. The Labute approximate surface area is 208 Å². The van der Waals surface area contributed by atoms with Gasteiger partial charge in [0, 0.05) is 20.1 Å².